The molecule has 0 atom stereocenters. The van der Waals surface area contributed by atoms with Gasteiger partial charge in [0.05, 0.1) is 16.7 Å². The predicted octanol–water partition coefficient (Wildman–Crippen LogP) is 6.74. The summed E-state index contributed by atoms with van der Waals surface area (Å²) in [5.41, 5.74) is 3.22. The SMILES string of the molecule is Cc1ccc(Oc2cc(NC(=O)c3ccc(COc4cc(C)cc(C)c4)o3)cc([N+](=O)[O-])c2)cc1. The van der Waals surface area contributed by atoms with E-state index in [-0.39, 0.29) is 29.5 Å². The number of anilines is 1. The highest BCUT2D eigenvalue weighted by molar-refractivity contribution is 6.02. The number of carbonyl (C=O) groups is 1. The molecule has 0 saturated carbocycles. The number of benzene rings is 3. The Hall–Kier alpha value is -4.59. The summed E-state index contributed by atoms with van der Waals surface area (Å²) in [6.45, 7) is 6.07. The number of ether oxygens (including phenoxy) is 2. The third-order valence-corrected chi connectivity index (χ3v) is 5.08. The normalized spacial score (nSPS) is 10.6. The van der Waals surface area contributed by atoms with Crippen LogP contribution < -0.4 is 14.8 Å². The highest BCUT2D eigenvalue weighted by Crippen LogP contribution is 2.30. The number of rotatable bonds is 8. The number of nitro benzene ring substituents is 1. The summed E-state index contributed by atoms with van der Waals surface area (Å²) in [6, 6.07) is 20.4. The zero-order valence-electron chi connectivity index (χ0n) is 19.5. The number of furan rings is 1. The number of aryl methyl sites for hydroxylation is 3. The monoisotopic (exact) mass is 472 g/mol. The molecule has 8 heteroatoms. The molecule has 4 rings (SSSR count). The van der Waals surface area contributed by atoms with Gasteiger partial charge in [-0.3, -0.25) is 14.9 Å². The van der Waals surface area contributed by atoms with Gasteiger partial charge in [0.2, 0.25) is 0 Å². The van der Waals surface area contributed by atoms with Gasteiger partial charge in [0.1, 0.15) is 29.6 Å². The number of carbonyl (C=O) groups excluding carboxylic acids is 1. The Labute approximate surface area is 202 Å². The molecule has 4 aromatic rings. The summed E-state index contributed by atoms with van der Waals surface area (Å²) in [7, 11) is 0. The molecule has 178 valence electrons. The summed E-state index contributed by atoms with van der Waals surface area (Å²) in [5.74, 6) is 1.42. The van der Waals surface area contributed by atoms with E-state index in [2.05, 4.69) is 5.32 Å². The number of amides is 1. The number of nitrogens with one attached hydrogen (secondary N) is 1. The molecule has 0 bridgehead atoms. The van der Waals surface area contributed by atoms with E-state index in [4.69, 9.17) is 13.9 Å². The van der Waals surface area contributed by atoms with Crippen LogP contribution in [0.15, 0.2) is 77.2 Å². The fourth-order valence-electron chi connectivity index (χ4n) is 3.50. The second-order valence-corrected chi connectivity index (χ2v) is 8.22. The minimum Gasteiger partial charge on any atom is -0.486 e. The van der Waals surface area contributed by atoms with E-state index >= 15 is 0 Å². The van der Waals surface area contributed by atoms with Crippen molar-refractivity contribution < 1.29 is 23.6 Å². The second kappa shape index (κ2) is 10.1. The molecule has 0 saturated heterocycles. The molecule has 1 aromatic heterocycles. The fraction of sp³-hybridized carbons (Fsp3) is 0.148. The maximum Gasteiger partial charge on any atom is 0.291 e. The molecule has 1 heterocycles. The lowest BCUT2D eigenvalue weighted by Crippen LogP contribution is -2.11. The standard InChI is InChI=1S/C27H24N2O6/c1-17-4-6-22(7-5-17)34-25-14-20(13-21(15-25)29(31)32)28-27(30)26-9-8-23(35-26)16-33-24-11-18(2)10-19(3)12-24/h4-15H,16H2,1-3H3,(H,28,30). The van der Waals surface area contributed by atoms with Gasteiger partial charge >= 0.3 is 0 Å². The molecular formula is C27H24N2O6. The second-order valence-electron chi connectivity index (χ2n) is 8.22. The van der Waals surface area contributed by atoms with Crippen LogP contribution in [-0.2, 0) is 6.61 Å². The maximum atomic E-state index is 12.7. The Bertz CT molecular complexity index is 1350. The fourth-order valence-corrected chi connectivity index (χ4v) is 3.50. The van der Waals surface area contributed by atoms with Crippen LogP contribution in [0.4, 0.5) is 11.4 Å². The number of hydrogen-bond acceptors (Lipinski definition) is 6. The summed E-state index contributed by atoms with van der Waals surface area (Å²) < 4.78 is 17.1. The van der Waals surface area contributed by atoms with Gasteiger partial charge in [-0.2, -0.15) is 0 Å². The van der Waals surface area contributed by atoms with E-state index in [9.17, 15) is 14.9 Å². The van der Waals surface area contributed by atoms with Gasteiger partial charge < -0.3 is 19.2 Å². The average molecular weight is 472 g/mol. The summed E-state index contributed by atoms with van der Waals surface area (Å²) in [5, 5.41) is 14.0. The van der Waals surface area contributed by atoms with Crippen molar-refractivity contribution in [3.63, 3.8) is 0 Å². The van der Waals surface area contributed by atoms with Gasteiger partial charge in [-0.1, -0.05) is 23.8 Å². The summed E-state index contributed by atoms with van der Waals surface area (Å²) in [6.07, 6.45) is 0. The van der Waals surface area contributed by atoms with Crippen LogP contribution in [0.3, 0.4) is 0 Å². The molecule has 0 radical (unpaired) electrons. The van der Waals surface area contributed by atoms with Gasteiger partial charge in [0, 0.05) is 12.1 Å². The molecule has 3 aromatic carbocycles. The van der Waals surface area contributed by atoms with E-state index in [0.717, 1.165) is 16.7 Å². The van der Waals surface area contributed by atoms with E-state index in [0.29, 0.717) is 17.3 Å². The first kappa shape index (κ1) is 23.6. The molecule has 0 aliphatic heterocycles. The van der Waals surface area contributed by atoms with Crippen molar-refractivity contribution in [2.24, 2.45) is 0 Å². The first-order valence-electron chi connectivity index (χ1n) is 10.9. The van der Waals surface area contributed by atoms with Crippen molar-refractivity contribution >= 4 is 17.3 Å². The molecule has 0 unspecified atom stereocenters. The van der Waals surface area contributed by atoms with E-state index in [1.54, 1.807) is 18.2 Å². The van der Waals surface area contributed by atoms with Crippen LogP contribution in [0.5, 0.6) is 17.2 Å². The highest BCUT2D eigenvalue weighted by atomic mass is 16.6. The lowest BCUT2D eigenvalue weighted by atomic mass is 10.1. The molecule has 0 aliphatic rings. The first-order valence-corrected chi connectivity index (χ1v) is 10.9. The van der Waals surface area contributed by atoms with Gasteiger partial charge in [-0.15, -0.1) is 0 Å². The van der Waals surface area contributed by atoms with Crippen LogP contribution in [0, 0.1) is 30.9 Å². The molecule has 0 aliphatic carbocycles. The third kappa shape index (κ3) is 6.26. The largest absolute Gasteiger partial charge is 0.486 e. The smallest absolute Gasteiger partial charge is 0.291 e. The Balaban J connectivity index is 1.46. The van der Waals surface area contributed by atoms with Crippen molar-refractivity contribution in [2.45, 2.75) is 27.4 Å². The number of nitrogens with zero attached hydrogens (tertiary/aromatic N) is 1. The first-order chi connectivity index (χ1) is 16.7. The number of non-ortho nitro benzene ring substituents is 1. The summed E-state index contributed by atoms with van der Waals surface area (Å²) >= 11 is 0. The average Bonchev–Trinajstić information content (AvgIpc) is 3.28. The van der Waals surface area contributed by atoms with Crippen molar-refractivity contribution in [3.8, 4) is 17.2 Å². The van der Waals surface area contributed by atoms with E-state index in [1.165, 1.54) is 24.3 Å². The van der Waals surface area contributed by atoms with Crippen molar-refractivity contribution in [1.29, 1.82) is 0 Å². The lowest BCUT2D eigenvalue weighted by molar-refractivity contribution is -0.384. The van der Waals surface area contributed by atoms with E-state index < -0.39 is 10.8 Å². The molecule has 8 nitrogen and oxygen atoms in total. The minimum atomic E-state index is -0.551. The number of nitro groups is 1. The topological polar surface area (TPSA) is 104 Å². The number of hydrogen-bond donors (Lipinski definition) is 1. The Morgan fingerprint density at radius 2 is 1.57 bits per heavy atom. The third-order valence-electron chi connectivity index (χ3n) is 5.08. The Kier molecular flexibility index (Phi) is 6.82. The van der Waals surface area contributed by atoms with Crippen LogP contribution >= 0.6 is 0 Å². The Morgan fingerprint density at radius 3 is 2.26 bits per heavy atom. The van der Waals surface area contributed by atoms with Gasteiger partial charge in [0.25, 0.3) is 11.6 Å². The van der Waals surface area contributed by atoms with Crippen molar-refractivity contribution in [3.05, 3.63) is 111 Å². The van der Waals surface area contributed by atoms with Gasteiger partial charge in [0.15, 0.2) is 5.76 Å². The van der Waals surface area contributed by atoms with E-state index in [1.807, 2.05) is 51.1 Å². The van der Waals surface area contributed by atoms with Crippen LogP contribution in [0.1, 0.15) is 33.0 Å². The zero-order valence-corrected chi connectivity index (χ0v) is 19.5. The molecule has 0 fully saturated rings. The predicted molar refractivity (Wildman–Crippen MR) is 131 cm³/mol. The lowest BCUT2D eigenvalue weighted by Gasteiger charge is -2.09. The van der Waals surface area contributed by atoms with Crippen molar-refractivity contribution in [1.82, 2.24) is 0 Å². The zero-order chi connectivity index (χ0) is 24.9. The van der Waals surface area contributed by atoms with Crippen LogP contribution in [0.2, 0.25) is 0 Å². The molecule has 0 spiro atoms. The van der Waals surface area contributed by atoms with Crippen molar-refractivity contribution in [2.75, 3.05) is 5.32 Å². The quantitative estimate of drug-likeness (QED) is 0.225. The Morgan fingerprint density at radius 1 is 0.857 bits per heavy atom. The minimum absolute atomic E-state index is 0.0523. The summed E-state index contributed by atoms with van der Waals surface area (Å²) in [4.78, 5) is 23.6. The molecule has 1 N–H and O–H groups in total. The van der Waals surface area contributed by atoms with Gasteiger partial charge in [-0.05, 0) is 68.3 Å². The molecular weight excluding hydrogens is 448 g/mol. The molecule has 35 heavy (non-hydrogen) atoms. The van der Waals surface area contributed by atoms with Crippen LogP contribution in [-0.4, -0.2) is 10.8 Å². The van der Waals surface area contributed by atoms with Crippen LogP contribution in [0.25, 0.3) is 0 Å². The highest BCUT2D eigenvalue weighted by Gasteiger charge is 2.16. The maximum absolute atomic E-state index is 12.7. The molecule has 1 amide bonds. The van der Waals surface area contributed by atoms with Gasteiger partial charge in [-0.25, -0.2) is 0 Å².